The fourth-order valence-corrected chi connectivity index (χ4v) is 2.74. The van der Waals surface area contributed by atoms with E-state index in [0.29, 0.717) is 6.54 Å². The van der Waals surface area contributed by atoms with Crippen molar-refractivity contribution in [3.63, 3.8) is 0 Å². The van der Waals surface area contributed by atoms with Crippen LogP contribution in [-0.4, -0.2) is 9.97 Å². The van der Waals surface area contributed by atoms with Crippen molar-refractivity contribution in [3.05, 3.63) is 53.9 Å². The van der Waals surface area contributed by atoms with E-state index in [0.717, 1.165) is 16.3 Å². The van der Waals surface area contributed by atoms with Gasteiger partial charge >= 0.3 is 0 Å². The summed E-state index contributed by atoms with van der Waals surface area (Å²) < 4.78 is 1.22. The van der Waals surface area contributed by atoms with Crippen molar-refractivity contribution in [2.75, 3.05) is 5.32 Å². The highest BCUT2D eigenvalue weighted by molar-refractivity contribution is 7.22. The van der Waals surface area contributed by atoms with Crippen molar-refractivity contribution < 1.29 is 0 Å². The topological polar surface area (TPSA) is 37.8 Å². The fourth-order valence-electron chi connectivity index (χ4n) is 1.78. The maximum Gasteiger partial charge on any atom is 0.184 e. The SMILES string of the molecule is Cc1ccc2nc(NCc3ccccn3)sc2c1. The summed E-state index contributed by atoms with van der Waals surface area (Å²) in [5.74, 6) is 0. The quantitative estimate of drug-likeness (QED) is 0.777. The van der Waals surface area contributed by atoms with E-state index < -0.39 is 0 Å². The van der Waals surface area contributed by atoms with Gasteiger partial charge in [0.2, 0.25) is 0 Å². The maximum atomic E-state index is 4.55. The molecule has 18 heavy (non-hydrogen) atoms. The Morgan fingerprint density at radius 2 is 2.17 bits per heavy atom. The minimum absolute atomic E-state index is 0.708. The number of fused-ring (bicyclic) bond motifs is 1. The van der Waals surface area contributed by atoms with Gasteiger partial charge in [0.05, 0.1) is 22.5 Å². The van der Waals surface area contributed by atoms with E-state index in [2.05, 4.69) is 40.4 Å². The third-order valence-corrected chi connectivity index (χ3v) is 3.67. The first kappa shape index (κ1) is 11.2. The highest BCUT2D eigenvalue weighted by atomic mass is 32.1. The third-order valence-electron chi connectivity index (χ3n) is 2.69. The lowest BCUT2D eigenvalue weighted by atomic mass is 10.2. The van der Waals surface area contributed by atoms with Gasteiger partial charge in [-0.2, -0.15) is 0 Å². The predicted octanol–water partition coefficient (Wildman–Crippen LogP) is 3.61. The van der Waals surface area contributed by atoms with E-state index in [-0.39, 0.29) is 0 Å². The van der Waals surface area contributed by atoms with Gasteiger partial charge in [0.25, 0.3) is 0 Å². The molecule has 0 aliphatic heterocycles. The Morgan fingerprint density at radius 3 is 3.00 bits per heavy atom. The number of hydrogen-bond acceptors (Lipinski definition) is 4. The Balaban J connectivity index is 1.79. The van der Waals surface area contributed by atoms with Gasteiger partial charge in [-0.05, 0) is 36.8 Å². The average Bonchev–Trinajstić information content (AvgIpc) is 2.79. The molecule has 1 N–H and O–H groups in total. The second kappa shape index (κ2) is 4.74. The largest absolute Gasteiger partial charge is 0.356 e. The Kier molecular flexibility index (Phi) is 2.94. The molecule has 0 fully saturated rings. The highest BCUT2D eigenvalue weighted by Gasteiger charge is 2.03. The molecular formula is C14H13N3S. The number of aromatic nitrogens is 2. The predicted molar refractivity (Wildman–Crippen MR) is 75.9 cm³/mol. The van der Waals surface area contributed by atoms with E-state index in [4.69, 9.17) is 0 Å². The van der Waals surface area contributed by atoms with Gasteiger partial charge in [-0.15, -0.1) is 0 Å². The number of pyridine rings is 1. The van der Waals surface area contributed by atoms with Crippen LogP contribution < -0.4 is 5.32 Å². The molecule has 2 heterocycles. The highest BCUT2D eigenvalue weighted by Crippen LogP contribution is 2.26. The smallest absolute Gasteiger partial charge is 0.184 e. The molecule has 4 heteroatoms. The van der Waals surface area contributed by atoms with Gasteiger partial charge in [-0.1, -0.05) is 23.5 Å². The molecule has 0 aliphatic rings. The molecule has 90 valence electrons. The second-order valence-electron chi connectivity index (χ2n) is 4.16. The van der Waals surface area contributed by atoms with Crippen LogP contribution in [0.15, 0.2) is 42.6 Å². The van der Waals surface area contributed by atoms with Gasteiger partial charge in [-0.25, -0.2) is 4.98 Å². The minimum Gasteiger partial charge on any atom is -0.356 e. The van der Waals surface area contributed by atoms with Crippen LogP contribution in [0.3, 0.4) is 0 Å². The van der Waals surface area contributed by atoms with Gasteiger partial charge in [-0.3, -0.25) is 4.98 Å². The summed E-state index contributed by atoms with van der Waals surface area (Å²) in [4.78, 5) is 8.82. The molecule has 0 radical (unpaired) electrons. The summed E-state index contributed by atoms with van der Waals surface area (Å²) in [6, 6.07) is 12.2. The summed E-state index contributed by atoms with van der Waals surface area (Å²) >= 11 is 1.68. The maximum absolute atomic E-state index is 4.55. The lowest BCUT2D eigenvalue weighted by molar-refractivity contribution is 1.04. The van der Waals surface area contributed by atoms with Crippen molar-refractivity contribution in [1.82, 2.24) is 9.97 Å². The zero-order valence-corrected chi connectivity index (χ0v) is 10.9. The molecule has 0 unspecified atom stereocenters. The lowest BCUT2D eigenvalue weighted by Gasteiger charge is -2.00. The van der Waals surface area contributed by atoms with Crippen LogP contribution in [0.25, 0.3) is 10.2 Å². The first-order valence-corrected chi connectivity index (χ1v) is 6.64. The van der Waals surface area contributed by atoms with Gasteiger partial charge in [0, 0.05) is 6.20 Å². The van der Waals surface area contributed by atoms with Gasteiger partial charge in [0.15, 0.2) is 5.13 Å². The number of anilines is 1. The van der Waals surface area contributed by atoms with Crippen molar-refractivity contribution >= 4 is 26.7 Å². The average molecular weight is 255 g/mol. The molecule has 3 nitrogen and oxygen atoms in total. The summed E-state index contributed by atoms with van der Waals surface area (Å²) in [6.07, 6.45) is 1.80. The van der Waals surface area contributed by atoms with Crippen LogP contribution >= 0.6 is 11.3 Å². The van der Waals surface area contributed by atoms with E-state index >= 15 is 0 Å². The number of thiazole rings is 1. The molecule has 0 aliphatic carbocycles. The first-order chi connectivity index (χ1) is 8.81. The van der Waals surface area contributed by atoms with Crippen LogP contribution in [0.5, 0.6) is 0 Å². The van der Waals surface area contributed by atoms with Crippen LogP contribution in [0, 0.1) is 6.92 Å². The Labute approximate surface area is 110 Å². The molecule has 2 aromatic heterocycles. The van der Waals surface area contributed by atoms with Crippen LogP contribution in [0.1, 0.15) is 11.3 Å². The zero-order valence-electron chi connectivity index (χ0n) is 10.1. The van der Waals surface area contributed by atoms with Crippen LogP contribution in [-0.2, 0) is 6.54 Å². The number of rotatable bonds is 3. The normalized spacial score (nSPS) is 10.7. The summed E-state index contributed by atoms with van der Waals surface area (Å²) in [7, 11) is 0. The zero-order chi connectivity index (χ0) is 12.4. The molecule has 0 spiro atoms. The van der Waals surface area contributed by atoms with E-state index in [1.165, 1.54) is 10.3 Å². The second-order valence-corrected chi connectivity index (χ2v) is 5.20. The molecular weight excluding hydrogens is 242 g/mol. The first-order valence-electron chi connectivity index (χ1n) is 5.82. The van der Waals surface area contributed by atoms with Crippen molar-refractivity contribution in [3.8, 4) is 0 Å². The molecule has 0 atom stereocenters. The van der Waals surface area contributed by atoms with E-state index in [9.17, 15) is 0 Å². The van der Waals surface area contributed by atoms with E-state index in [1.54, 1.807) is 17.5 Å². The number of aryl methyl sites for hydroxylation is 1. The Hall–Kier alpha value is -1.94. The van der Waals surface area contributed by atoms with Crippen LogP contribution in [0.4, 0.5) is 5.13 Å². The molecule has 0 bridgehead atoms. The molecule has 0 saturated heterocycles. The minimum atomic E-state index is 0.708. The summed E-state index contributed by atoms with van der Waals surface area (Å²) in [5, 5.41) is 4.26. The van der Waals surface area contributed by atoms with Gasteiger partial charge < -0.3 is 5.32 Å². The number of hydrogen-bond donors (Lipinski definition) is 1. The van der Waals surface area contributed by atoms with Crippen molar-refractivity contribution in [2.45, 2.75) is 13.5 Å². The lowest BCUT2D eigenvalue weighted by Crippen LogP contribution is -2.00. The summed E-state index contributed by atoms with van der Waals surface area (Å²) in [5.41, 5.74) is 3.34. The fraction of sp³-hybridized carbons (Fsp3) is 0.143. The Bertz CT molecular complexity index is 661. The summed E-state index contributed by atoms with van der Waals surface area (Å²) in [6.45, 7) is 2.81. The number of nitrogens with zero attached hydrogens (tertiary/aromatic N) is 2. The van der Waals surface area contributed by atoms with Crippen molar-refractivity contribution in [1.29, 1.82) is 0 Å². The standard InChI is InChI=1S/C14H13N3S/c1-10-5-6-12-13(8-10)18-14(17-12)16-9-11-4-2-3-7-15-11/h2-8H,9H2,1H3,(H,16,17). The number of benzene rings is 1. The molecule has 0 amide bonds. The third kappa shape index (κ3) is 2.33. The monoisotopic (exact) mass is 255 g/mol. The molecule has 3 aromatic rings. The van der Waals surface area contributed by atoms with E-state index in [1.807, 2.05) is 18.2 Å². The molecule has 1 aromatic carbocycles. The molecule has 3 rings (SSSR count). The van der Waals surface area contributed by atoms with Crippen LogP contribution in [0.2, 0.25) is 0 Å². The molecule has 0 saturated carbocycles. The van der Waals surface area contributed by atoms with Crippen molar-refractivity contribution in [2.24, 2.45) is 0 Å². The van der Waals surface area contributed by atoms with Gasteiger partial charge in [0.1, 0.15) is 0 Å². The number of nitrogens with one attached hydrogen (secondary N) is 1. The Morgan fingerprint density at radius 1 is 1.22 bits per heavy atom.